The topological polar surface area (TPSA) is 48.9 Å². The standard InChI is InChI=1S/C20H31ClN4O/c1-14(26-19-9-4-6-15(21)10-19)13-23-20(22-2)24-16-11-17-7-5-8-18(12-16)25(17)3/h4,6,9-10,14,16-18H,5,7-8,11-13H2,1-3H3,(H2,22,23,24). The minimum Gasteiger partial charge on any atom is -0.489 e. The summed E-state index contributed by atoms with van der Waals surface area (Å²) in [6, 6.07) is 9.42. The molecule has 0 spiro atoms. The molecule has 26 heavy (non-hydrogen) atoms. The Morgan fingerprint density at radius 2 is 2.08 bits per heavy atom. The number of benzene rings is 1. The Morgan fingerprint density at radius 3 is 2.73 bits per heavy atom. The molecule has 144 valence electrons. The van der Waals surface area contributed by atoms with Gasteiger partial charge in [0.1, 0.15) is 11.9 Å². The van der Waals surface area contributed by atoms with Crippen molar-refractivity contribution in [3.8, 4) is 5.75 Å². The molecule has 0 saturated carbocycles. The monoisotopic (exact) mass is 378 g/mol. The van der Waals surface area contributed by atoms with Crippen LogP contribution in [0.15, 0.2) is 29.3 Å². The number of piperidine rings is 2. The Hall–Kier alpha value is -1.46. The van der Waals surface area contributed by atoms with Crippen molar-refractivity contribution in [2.75, 3.05) is 20.6 Å². The van der Waals surface area contributed by atoms with Crippen LogP contribution in [0.2, 0.25) is 5.02 Å². The highest BCUT2D eigenvalue weighted by Crippen LogP contribution is 2.32. The van der Waals surface area contributed by atoms with Crippen molar-refractivity contribution < 1.29 is 4.74 Å². The molecular weight excluding hydrogens is 348 g/mol. The predicted octanol–water partition coefficient (Wildman–Crippen LogP) is 3.29. The van der Waals surface area contributed by atoms with Gasteiger partial charge < -0.3 is 20.3 Å². The minimum absolute atomic E-state index is 0.0175. The van der Waals surface area contributed by atoms with Gasteiger partial charge in [-0.05, 0) is 57.9 Å². The second kappa shape index (κ2) is 8.96. The summed E-state index contributed by atoms with van der Waals surface area (Å²) in [5.41, 5.74) is 0. The molecule has 3 rings (SSSR count). The van der Waals surface area contributed by atoms with E-state index in [1.165, 1.54) is 32.1 Å². The quantitative estimate of drug-likeness (QED) is 0.609. The van der Waals surface area contributed by atoms with Crippen LogP contribution in [-0.4, -0.2) is 55.7 Å². The zero-order chi connectivity index (χ0) is 18.5. The van der Waals surface area contributed by atoms with E-state index in [2.05, 4.69) is 27.6 Å². The Morgan fingerprint density at radius 1 is 1.35 bits per heavy atom. The van der Waals surface area contributed by atoms with Gasteiger partial charge in [0.05, 0.1) is 6.54 Å². The van der Waals surface area contributed by atoms with Crippen LogP contribution in [0.5, 0.6) is 5.75 Å². The van der Waals surface area contributed by atoms with Gasteiger partial charge in [-0.25, -0.2) is 0 Å². The van der Waals surface area contributed by atoms with Crippen LogP contribution in [0, 0.1) is 0 Å². The number of nitrogens with zero attached hydrogens (tertiary/aromatic N) is 2. The maximum Gasteiger partial charge on any atom is 0.191 e. The number of rotatable bonds is 5. The average molecular weight is 379 g/mol. The van der Waals surface area contributed by atoms with Gasteiger partial charge in [-0.1, -0.05) is 24.1 Å². The average Bonchev–Trinajstić information content (AvgIpc) is 2.59. The van der Waals surface area contributed by atoms with E-state index in [0.717, 1.165) is 11.7 Å². The van der Waals surface area contributed by atoms with Gasteiger partial charge in [0.2, 0.25) is 0 Å². The lowest BCUT2D eigenvalue weighted by molar-refractivity contribution is 0.0526. The molecule has 6 heteroatoms. The van der Waals surface area contributed by atoms with Crippen LogP contribution >= 0.6 is 11.6 Å². The molecule has 5 nitrogen and oxygen atoms in total. The van der Waals surface area contributed by atoms with Gasteiger partial charge in [-0.2, -0.15) is 0 Å². The van der Waals surface area contributed by atoms with E-state index in [4.69, 9.17) is 16.3 Å². The fraction of sp³-hybridized carbons (Fsp3) is 0.650. The third-order valence-corrected chi connectivity index (χ3v) is 5.83. The molecule has 2 bridgehead atoms. The Labute approximate surface area is 162 Å². The van der Waals surface area contributed by atoms with Crippen LogP contribution in [-0.2, 0) is 0 Å². The van der Waals surface area contributed by atoms with Crippen molar-refractivity contribution in [1.82, 2.24) is 15.5 Å². The van der Waals surface area contributed by atoms with Crippen LogP contribution in [0.25, 0.3) is 0 Å². The second-order valence-corrected chi connectivity index (χ2v) is 7.99. The SMILES string of the molecule is CN=C(NCC(C)Oc1cccc(Cl)c1)NC1CC2CCCC(C1)N2C. The fourth-order valence-corrected chi connectivity index (χ4v) is 4.36. The smallest absolute Gasteiger partial charge is 0.191 e. The largest absolute Gasteiger partial charge is 0.489 e. The Kier molecular flexibility index (Phi) is 6.65. The first kappa shape index (κ1) is 19.3. The first-order chi connectivity index (χ1) is 12.5. The van der Waals surface area contributed by atoms with Gasteiger partial charge in [0, 0.05) is 30.2 Å². The number of aliphatic imine (C=N–C) groups is 1. The highest BCUT2D eigenvalue weighted by atomic mass is 35.5. The fourth-order valence-electron chi connectivity index (χ4n) is 4.18. The summed E-state index contributed by atoms with van der Waals surface area (Å²) < 4.78 is 5.92. The molecule has 2 N–H and O–H groups in total. The highest BCUT2D eigenvalue weighted by Gasteiger charge is 2.36. The minimum atomic E-state index is 0.0175. The first-order valence-corrected chi connectivity index (χ1v) is 10.0. The number of nitrogens with one attached hydrogen (secondary N) is 2. The van der Waals surface area contributed by atoms with Gasteiger partial charge in [0.25, 0.3) is 0 Å². The number of ether oxygens (including phenoxy) is 1. The summed E-state index contributed by atoms with van der Waals surface area (Å²) in [7, 11) is 4.11. The second-order valence-electron chi connectivity index (χ2n) is 7.56. The number of hydrogen-bond acceptors (Lipinski definition) is 3. The van der Waals surface area contributed by atoms with Gasteiger partial charge >= 0.3 is 0 Å². The number of halogens is 1. The summed E-state index contributed by atoms with van der Waals surface area (Å²) in [5.74, 6) is 1.65. The van der Waals surface area contributed by atoms with Crippen molar-refractivity contribution in [3.05, 3.63) is 29.3 Å². The summed E-state index contributed by atoms with van der Waals surface area (Å²) in [5, 5.41) is 7.70. The summed E-state index contributed by atoms with van der Waals surface area (Å²) in [6.07, 6.45) is 6.43. The van der Waals surface area contributed by atoms with Crippen LogP contribution in [0.4, 0.5) is 0 Å². The van der Waals surface area contributed by atoms with E-state index in [0.29, 0.717) is 29.7 Å². The highest BCUT2D eigenvalue weighted by molar-refractivity contribution is 6.30. The van der Waals surface area contributed by atoms with Crippen LogP contribution < -0.4 is 15.4 Å². The lowest BCUT2D eigenvalue weighted by Gasteiger charge is -2.47. The normalized spacial score (nSPS) is 27.7. The Bertz CT molecular complexity index is 610. The molecule has 3 unspecified atom stereocenters. The molecule has 0 radical (unpaired) electrons. The van der Waals surface area contributed by atoms with Crippen molar-refractivity contribution >= 4 is 17.6 Å². The third kappa shape index (κ3) is 5.04. The summed E-state index contributed by atoms with van der Waals surface area (Å²) >= 11 is 6.01. The van der Waals surface area contributed by atoms with Crippen molar-refractivity contribution in [3.63, 3.8) is 0 Å². The van der Waals surface area contributed by atoms with Crippen molar-refractivity contribution in [2.45, 2.75) is 63.3 Å². The zero-order valence-corrected chi connectivity index (χ0v) is 16.8. The molecule has 0 aliphatic carbocycles. The zero-order valence-electron chi connectivity index (χ0n) is 16.0. The molecule has 2 heterocycles. The number of guanidine groups is 1. The van der Waals surface area contributed by atoms with E-state index in [-0.39, 0.29) is 6.10 Å². The lowest BCUT2D eigenvalue weighted by Crippen LogP contribution is -2.57. The maximum atomic E-state index is 6.01. The molecular formula is C20H31ClN4O. The lowest BCUT2D eigenvalue weighted by atomic mass is 9.82. The van der Waals surface area contributed by atoms with E-state index >= 15 is 0 Å². The van der Waals surface area contributed by atoms with Crippen molar-refractivity contribution in [1.29, 1.82) is 0 Å². The molecule has 3 atom stereocenters. The molecule has 2 aliphatic heterocycles. The van der Waals surface area contributed by atoms with E-state index < -0.39 is 0 Å². The van der Waals surface area contributed by atoms with Crippen molar-refractivity contribution in [2.24, 2.45) is 4.99 Å². The molecule has 1 aromatic rings. The van der Waals surface area contributed by atoms with E-state index in [1.54, 1.807) is 0 Å². The molecule has 2 aliphatic rings. The maximum absolute atomic E-state index is 6.01. The molecule has 2 saturated heterocycles. The number of hydrogen-bond donors (Lipinski definition) is 2. The Balaban J connectivity index is 1.46. The van der Waals surface area contributed by atoms with Crippen LogP contribution in [0.3, 0.4) is 0 Å². The van der Waals surface area contributed by atoms with Gasteiger partial charge in [-0.3, -0.25) is 4.99 Å². The molecule has 2 fully saturated rings. The van der Waals surface area contributed by atoms with E-state index in [9.17, 15) is 0 Å². The first-order valence-electron chi connectivity index (χ1n) is 9.66. The molecule has 0 amide bonds. The van der Waals surface area contributed by atoms with E-state index in [1.807, 2.05) is 38.2 Å². The van der Waals surface area contributed by atoms with Gasteiger partial charge in [-0.15, -0.1) is 0 Å². The summed E-state index contributed by atoms with van der Waals surface area (Å²) in [4.78, 5) is 6.97. The molecule has 1 aromatic carbocycles. The van der Waals surface area contributed by atoms with Gasteiger partial charge in [0.15, 0.2) is 5.96 Å². The summed E-state index contributed by atoms with van der Waals surface area (Å²) in [6.45, 7) is 2.73. The third-order valence-electron chi connectivity index (χ3n) is 5.59. The van der Waals surface area contributed by atoms with Crippen LogP contribution in [0.1, 0.15) is 39.0 Å². The predicted molar refractivity (Wildman–Crippen MR) is 108 cm³/mol. The number of fused-ring (bicyclic) bond motifs is 2. The molecule has 0 aromatic heterocycles.